The Morgan fingerprint density at radius 1 is 1.04 bits per heavy atom. The average molecular weight is 382 g/mol. The van der Waals surface area contributed by atoms with Crippen LogP contribution in [0.1, 0.15) is 11.3 Å². The summed E-state index contributed by atoms with van der Waals surface area (Å²) in [6.07, 6.45) is 0.758. The fraction of sp³-hybridized carbons (Fsp3) is 0.429. The molecular formula is C21H26N4O3. The summed E-state index contributed by atoms with van der Waals surface area (Å²) in [6.45, 7) is 7.00. The van der Waals surface area contributed by atoms with Gasteiger partial charge in [-0.2, -0.15) is 0 Å². The third-order valence-corrected chi connectivity index (χ3v) is 5.49. The Labute approximate surface area is 163 Å². The second-order valence-corrected chi connectivity index (χ2v) is 7.27. The van der Waals surface area contributed by atoms with Gasteiger partial charge in [0.15, 0.2) is 0 Å². The van der Waals surface area contributed by atoms with E-state index < -0.39 is 0 Å². The van der Waals surface area contributed by atoms with Crippen LogP contribution in [0.25, 0.3) is 10.9 Å². The number of nitrogens with zero attached hydrogens (tertiary/aromatic N) is 3. The molecule has 1 saturated heterocycles. The zero-order chi connectivity index (χ0) is 19.5. The minimum absolute atomic E-state index is 0.0662. The van der Waals surface area contributed by atoms with Gasteiger partial charge in [-0.3, -0.25) is 24.3 Å². The molecule has 0 aliphatic carbocycles. The van der Waals surface area contributed by atoms with E-state index in [2.05, 4.69) is 10.00 Å². The molecule has 2 aromatic heterocycles. The molecule has 3 heterocycles. The average Bonchev–Trinajstić information content (AvgIpc) is 3.03. The van der Waals surface area contributed by atoms with Crippen molar-refractivity contribution in [2.24, 2.45) is 0 Å². The lowest BCUT2D eigenvalue weighted by Crippen LogP contribution is -2.39. The molecule has 7 nitrogen and oxygen atoms in total. The van der Waals surface area contributed by atoms with E-state index in [1.54, 1.807) is 15.3 Å². The van der Waals surface area contributed by atoms with Crippen molar-refractivity contribution in [1.29, 1.82) is 0 Å². The highest BCUT2D eigenvalue weighted by molar-refractivity contribution is 5.80. The number of ether oxygens (including phenoxy) is 1. The Morgan fingerprint density at radius 3 is 2.54 bits per heavy atom. The van der Waals surface area contributed by atoms with Crippen molar-refractivity contribution in [2.45, 2.75) is 26.4 Å². The van der Waals surface area contributed by atoms with Crippen molar-refractivity contribution in [3.63, 3.8) is 0 Å². The van der Waals surface area contributed by atoms with Crippen LogP contribution in [0.5, 0.6) is 0 Å². The molecule has 1 aliphatic rings. The van der Waals surface area contributed by atoms with Crippen molar-refractivity contribution in [3.05, 3.63) is 68.4 Å². The Bertz CT molecular complexity index is 1060. The van der Waals surface area contributed by atoms with Crippen LogP contribution in [-0.2, 0) is 24.2 Å². The van der Waals surface area contributed by atoms with E-state index >= 15 is 0 Å². The van der Waals surface area contributed by atoms with Gasteiger partial charge in [-0.05, 0) is 18.9 Å². The zero-order valence-electron chi connectivity index (χ0n) is 16.2. The molecule has 0 saturated carbocycles. The molecule has 28 heavy (non-hydrogen) atoms. The van der Waals surface area contributed by atoms with Gasteiger partial charge in [0.05, 0.1) is 24.1 Å². The quantitative estimate of drug-likeness (QED) is 0.699. The van der Waals surface area contributed by atoms with Crippen LogP contribution in [0.4, 0.5) is 0 Å². The number of H-pyrrole nitrogens is 1. The van der Waals surface area contributed by atoms with Crippen molar-refractivity contribution >= 4 is 10.9 Å². The minimum atomic E-state index is -0.0743. The number of aromatic nitrogens is 3. The summed E-state index contributed by atoms with van der Waals surface area (Å²) >= 11 is 0. The van der Waals surface area contributed by atoms with Gasteiger partial charge in [-0.15, -0.1) is 0 Å². The smallest absolute Gasteiger partial charge is 0.276 e. The van der Waals surface area contributed by atoms with Gasteiger partial charge in [0.25, 0.3) is 11.1 Å². The second kappa shape index (κ2) is 8.16. The van der Waals surface area contributed by atoms with E-state index in [0.717, 1.165) is 45.0 Å². The van der Waals surface area contributed by atoms with Crippen molar-refractivity contribution in [1.82, 2.24) is 19.2 Å². The summed E-state index contributed by atoms with van der Waals surface area (Å²) in [5, 5.41) is 3.72. The number of pyridine rings is 1. The number of hydrogen-bond acceptors (Lipinski definition) is 4. The fourth-order valence-electron chi connectivity index (χ4n) is 3.85. The van der Waals surface area contributed by atoms with Crippen molar-refractivity contribution in [3.8, 4) is 0 Å². The molecule has 0 unspecified atom stereocenters. The molecule has 1 aromatic carbocycles. The third kappa shape index (κ3) is 3.81. The van der Waals surface area contributed by atoms with E-state index in [0.29, 0.717) is 24.0 Å². The predicted molar refractivity (Wildman–Crippen MR) is 109 cm³/mol. The number of nitrogens with one attached hydrogen (secondary N) is 1. The summed E-state index contributed by atoms with van der Waals surface area (Å²) in [7, 11) is 0. The van der Waals surface area contributed by atoms with Crippen LogP contribution >= 0.6 is 0 Å². The molecule has 1 fully saturated rings. The highest BCUT2D eigenvalue weighted by Crippen LogP contribution is 2.11. The number of benzene rings is 1. The number of aryl methyl sites for hydroxylation is 3. The molecule has 3 aromatic rings. The van der Waals surface area contributed by atoms with Crippen LogP contribution in [0, 0.1) is 6.92 Å². The molecule has 4 rings (SSSR count). The summed E-state index contributed by atoms with van der Waals surface area (Å²) in [4.78, 5) is 27.8. The molecule has 1 aliphatic heterocycles. The van der Waals surface area contributed by atoms with Gasteiger partial charge in [-0.1, -0.05) is 30.3 Å². The Balaban J connectivity index is 1.58. The molecule has 7 heteroatoms. The molecule has 0 bridgehead atoms. The Morgan fingerprint density at radius 2 is 1.79 bits per heavy atom. The van der Waals surface area contributed by atoms with Crippen LogP contribution in [0.3, 0.4) is 0 Å². The lowest BCUT2D eigenvalue weighted by Gasteiger charge is -2.27. The maximum Gasteiger partial charge on any atom is 0.276 e. The van der Waals surface area contributed by atoms with Crippen molar-refractivity contribution < 1.29 is 4.74 Å². The largest absolute Gasteiger partial charge is 0.379 e. The summed E-state index contributed by atoms with van der Waals surface area (Å²) in [5.41, 5.74) is 2.38. The highest BCUT2D eigenvalue weighted by atomic mass is 16.5. The molecule has 0 radical (unpaired) electrons. The number of aromatic amines is 1. The van der Waals surface area contributed by atoms with Gasteiger partial charge in [0.2, 0.25) is 0 Å². The first-order valence-corrected chi connectivity index (χ1v) is 9.80. The number of rotatable bonds is 6. The summed E-state index contributed by atoms with van der Waals surface area (Å²) in [6, 6.07) is 11.6. The Kier molecular flexibility index (Phi) is 5.45. The number of hydrogen-bond donors (Lipinski definition) is 1. The van der Waals surface area contributed by atoms with Crippen LogP contribution in [0.2, 0.25) is 0 Å². The van der Waals surface area contributed by atoms with Gasteiger partial charge >= 0.3 is 0 Å². The molecule has 1 N–H and O–H groups in total. The second-order valence-electron chi connectivity index (χ2n) is 7.27. The molecule has 148 valence electrons. The maximum atomic E-state index is 12.9. The standard InChI is InChI=1S/C21H26N4O3/c1-16-20-18(15-19(26)24(16)10-9-23-11-13-28-14-12-23)22-25(21(20)27)8-7-17-5-3-2-4-6-17/h2-6,15,22H,7-14H2,1H3. The molecule has 0 atom stereocenters. The zero-order valence-corrected chi connectivity index (χ0v) is 16.2. The predicted octanol–water partition coefficient (Wildman–Crippen LogP) is 1.37. The van der Waals surface area contributed by atoms with Crippen molar-refractivity contribution in [2.75, 3.05) is 32.8 Å². The highest BCUT2D eigenvalue weighted by Gasteiger charge is 2.16. The first kappa shape index (κ1) is 18.7. The lowest BCUT2D eigenvalue weighted by atomic mass is 10.1. The van der Waals surface area contributed by atoms with Crippen LogP contribution in [0.15, 0.2) is 46.0 Å². The van der Waals surface area contributed by atoms with Gasteiger partial charge in [0.1, 0.15) is 0 Å². The SMILES string of the molecule is Cc1c2c(=O)n(CCc3ccccc3)[nH]c2cc(=O)n1CCN1CCOCC1. The minimum Gasteiger partial charge on any atom is -0.379 e. The van der Waals surface area contributed by atoms with Crippen LogP contribution < -0.4 is 11.1 Å². The first-order valence-electron chi connectivity index (χ1n) is 9.80. The number of fused-ring (bicyclic) bond motifs is 1. The lowest BCUT2D eigenvalue weighted by molar-refractivity contribution is 0.0362. The number of morpholine rings is 1. The fourth-order valence-corrected chi connectivity index (χ4v) is 3.85. The van der Waals surface area contributed by atoms with E-state index in [1.165, 1.54) is 5.56 Å². The first-order chi connectivity index (χ1) is 13.6. The molecule has 0 spiro atoms. The normalized spacial score (nSPS) is 15.3. The van der Waals surface area contributed by atoms with E-state index in [9.17, 15) is 9.59 Å². The van der Waals surface area contributed by atoms with E-state index in [1.807, 2.05) is 37.3 Å². The maximum absolute atomic E-state index is 12.9. The van der Waals surface area contributed by atoms with E-state index in [-0.39, 0.29) is 11.1 Å². The van der Waals surface area contributed by atoms with E-state index in [4.69, 9.17) is 4.74 Å². The van der Waals surface area contributed by atoms with Gasteiger partial charge < -0.3 is 9.30 Å². The molecular weight excluding hydrogens is 356 g/mol. The Hall–Kier alpha value is -2.64. The van der Waals surface area contributed by atoms with Crippen LogP contribution in [-0.4, -0.2) is 52.1 Å². The summed E-state index contributed by atoms with van der Waals surface area (Å²) in [5.74, 6) is 0. The third-order valence-electron chi connectivity index (χ3n) is 5.49. The van der Waals surface area contributed by atoms with Gasteiger partial charge in [0, 0.05) is 44.5 Å². The topological polar surface area (TPSA) is 72.3 Å². The van der Waals surface area contributed by atoms with Gasteiger partial charge in [-0.25, -0.2) is 0 Å². The molecule has 0 amide bonds. The monoisotopic (exact) mass is 382 g/mol. The summed E-state index contributed by atoms with van der Waals surface area (Å²) < 4.78 is 8.70.